The van der Waals surface area contributed by atoms with Gasteiger partial charge in [-0.05, 0) is 55.0 Å². The molecule has 0 spiro atoms. The van der Waals surface area contributed by atoms with E-state index in [0.717, 1.165) is 28.9 Å². The van der Waals surface area contributed by atoms with Crippen LogP contribution in [0.5, 0.6) is 11.5 Å². The predicted octanol–water partition coefficient (Wildman–Crippen LogP) is 5.04. The summed E-state index contributed by atoms with van der Waals surface area (Å²) in [4.78, 5) is 11.9. The average Bonchev–Trinajstić information content (AvgIpc) is 2.60. The Labute approximate surface area is 151 Å². The van der Waals surface area contributed by atoms with E-state index in [0.29, 0.717) is 5.75 Å². The zero-order chi connectivity index (χ0) is 17.2. The molecule has 1 N–H and O–H groups in total. The van der Waals surface area contributed by atoms with Crippen molar-refractivity contribution < 1.29 is 14.3 Å². The largest absolute Gasteiger partial charge is 0.494 e. The number of rotatable bonds is 9. The third-order valence-electron chi connectivity index (χ3n) is 3.34. The van der Waals surface area contributed by atoms with Crippen LogP contribution in [-0.4, -0.2) is 19.1 Å². The van der Waals surface area contributed by atoms with Gasteiger partial charge in [0.15, 0.2) is 6.61 Å². The second-order valence-electron chi connectivity index (χ2n) is 5.37. The fourth-order valence-electron chi connectivity index (χ4n) is 2.05. The van der Waals surface area contributed by atoms with Crippen LogP contribution in [0.2, 0.25) is 0 Å². The van der Waals surface area contributed by atoms with E-state index in [9.17, 15) is 4.79 Å². The first-order valence-corrected chi connectivity index (χ1v) is 8.88. The highest BCUT2D eigenvalue weighted by molar-refractivity contribution is 9.10. The van der Waals surface area contributed by atoms with Crippen LogP contribution in [0.25, 0.3) is 0 Å². The van der Waals surface area contributed by atoms with Gasteiger partial charge in [-0.2, -0.15) is 0 Å². The maximum atomic E-state index is 11.9. The molecule has 2 aromatic rings. The van der Waals surface area contributed by atoms with Crippen molar-refractivity contribution >= 4 is 27.5 Å². The molecule has 0 radical (unpaired) electrons. The van der Waals surface area contributed by atoms with Gasteiger partial charge < -0.3 is 14.8 Å². The van der Waals surface area contributed by atoms with Crippen LogP contribution in [0.15, 0.2) is 53.0 Å². The van der Waals surface area contributed by atoms with E-state index in [4.69, 9.17) is 9.47 Å². The van der Waals surface area contributed by atoms with Gasteiger partial charge in [-0.25, -0.2) is 0 Å². The Morgan fingerprint density at radius 1 is 0.958 bits per heavy atom. The van der Waals surface area contributed by atoms with Gasteiger partial charge in [0.05, 0.1) is 6.61 Å². The molecular weight excluding hydrogens is 370 g/mol. The zero-order valence-corrected chi connectivity index (χ0v) is 15.3. The lowest BCUT2D eigenvalue weighted by molar-refractivity contribution is -0.118. The number of ether oxygens (including phenoxy) is 2. The average molecular weight is 392 g/mol. The van der Waals surface area contributed by atoms with Crippen molar-refractivity contribution in [3.05, 3.63) is 53.0 Å². The lowest BCUT2D eigenvalue weighted by atomic mass is 10.3. The Kier molecular flexibility index (Phi) is 7.62. The minimum atomic E-state index is -0.197. The van der Waals surface area contributed by atoms with Crippen molar-refractivity contribution in [2.24, 2.45) is 0 Å². The second kappa shape index (κ2) is 9.98. The summed E-state index contributed by atoms with van der Waals surface area (Å²) in [7, 11) is 0. The summed E-state index contributed by atoms with van der Waals surface area (Å²) in [5, 5.41) is 2.78. The molecule has 0 aromatic heterocycles. The molecule has 4 nitrogen and oxygen atoms in total. The zero-order valence-electron chi connectivity index (χ0n) is 13.8. The van der Waals surface area contributed by atoms with Crippen molar-refractivity contribution in [2.75, 3.05) is 18.5 Å². The Morgan fingerprint density at radius 2 is 1.58 bits per heavy atom. The number of benzene rings is 2. The van der Waals surface area contributed by atoms with Gasteiger partial charge in [0.25, 0.3) is 5.91 Å². The Bertz CT molecular complexity index is 626. The first-order valence-electron chi connectivity index (χ1n) is 8.08. The molecular formula is C19H22BrNO3. The molecule has 0 heterocycles. The maximum absolute atomic E-state index is 11.9. The number of unbranched alkanes of at least 4 members (excludes halogenated alkanes) is 2. The predicted molar refractivity (Wildman–Crippen MR) is 99.7 cm³/mol. The quantitative estimate of drug-likeness (QED) is 0.609. The summed E-state index contributed by atoms with van der Waals surface area (Å²) < 4.78 is 12.1. The summed E-state index contributed by atoms with van der Waals surface area (Å²) in [5.41, 5.74) is 0.739. The van der Waals surface area contributed by atoms with Crippen LogP contribution in [0, 0.1) is 0 Å². The standard InChI is InChI=1S/C19H22BrNO3/c1-2-3-4-13-23-17-9-11-18(12-10-17)24-14-19(22)21-16-7-5-15(20)6-8-16/h5-12H,2-4,13-14H2,1H3,(H,21,22). The molecule has 0 saturated carbocycles. The van der Waals surface area contributed by atoms with Crippen molar-refractivity contribution in [1.29, 1.82) is 0 Å². The van der Waals surface area contributed by atoms with Gasteiger partial charge in [-0.3, -0.25) is 4.79 Å². The second-order valence-corrected chi connectivity index (χ2v) is 6.29. The molecule has 1 amide bonds. The molecule has 0 aliphatic heterocycles. The van der Waals surface area contributed by atoms with Gasteiger partial charge in [0.1, 0.15) is 11.5 Å². The van der Waals surface area contributed by atoms with Crippen molar-refractivity contribution in [1.82, 2.24) is 0 Å². The number of hydrogen-bond acceptors (Lipinski definition) is 3. The van der Waals surface area contributed by atoms with Crippen LogP contribution >= 0.6 is 15.9 Å². The number of carbonyl (C=O) groups excluding carboxylic acids is 1. The molecule has 5 heteroatoms. The Morgan fingerprint density at radius 3 is 2.21 bits per heavy atom. The van der Waals surface area contributed by atoms with Crippen LogP contribution < -0.4 is 14.8 Å². The van der Waals surface area contributed by atoms with Crippen LogP contribution in [0.1, 0.15) is 26.2 Å². The van der Waals surface area contributed by atoms with E-state index >= 15 is 0 Å². The number of hydrogen-bond donors (Lipinski definition) is 1. The summed E-state index contributed by atoms with van der Waals surface area (Å²) in [6.07, 6.45) is 3.41. The smallest absolute Gasteiger partial charge is 0.262 e. The first kappa shape index (κ1) is 18.3. The number of nitrogens with one attached hydrogen (secondary N) is 1. The molecule has 0 atom stereocenters. The molecule has 0 bridgehead atoms. The van der Waals surface area contributed by atoms with E-state index in [1.165, 1.54) is 12.8 Å². The van der Waals surface area contributed by atoms with E-state index in [2.05, 4.69) is 28.2 Å². The molecule has 2 rings (SSSR count). The summed E-state index contributed by atoms with van der Waals surface area (Å²) in [5.74, 6) is 1.26. The normalized spacial score (nSPS) is 10.2. The number of carbonyl (C=O) groups is 1. The Balaban J connectivity index is 1.73. The fourth-order valence-corrected chi connectivity index (χ4v) is 2.32. The topological polar surface area (TPSA) is 47.6 Å². The van der Waals surface area contributed by atoms with Gasteiger partial charge in [0, 0.05) is 10.2 Å². The molecule has 0 saturated heterocycles. The fraction of sp³-hybridized carbons (Fsp3) is 0.316. The summed E-state index contributed by atoms with van der Waals surface area (Å²) >= 11 is 3.35. The van der Waals surface area contributed by atoms with E-state index < -0.39 is 0 Å². The third-order valence-corrected chi connectivity index (χ3v) is 3.87. The SMILES string of the molecule is CCCCCOc1ccc(OCC(=O)Nc2ccc(Br)cc2)cc1. The maximum Gasteiger partial charge on any atom is 0.262 e. The number of amides is 1. The highest BCUT2D eigenvalue weighted by Crippen LogP contribution is 2.18. The lowest BCUT2D eigenvalue weighted by Gasteiger charge is -2.09. The molecule has 0 unspecified atom stereocenters. The van der Waals surface area contributed by atoms with Gasteiger partial charge in [0.2, 0.25) is 0 Å². The molecule has 0 fully saturated rings. The van der Waals surface area contributed by atoms with Gasteiger partial charge >= 0.3 is 0 Å². The highest BCUT2D eigenvalue weighted by atomic mass is 79.9. The molecule has 0 aliphatic rings. The monoisotopic (exact) mass is 391 g/mol. The third kappa shape index (κ3) is 6.62. The molecule has 128 valence electrons. The van der Waals surface area contributed by atoms with E-state index in [-0.39, 0.29) is 12.5 Å². The van der Waals surface area contributed by atoms with Gasteiger partial charge in [-0.1, -0.05) is 35.7 Å². The van der Waals surface area contributed by atoms with E-state index in [1.807, 2.05) is 48.5 Å². The van der Waals surface area contributed by atoms with Crippen LogP contribution in [-0.2, 0) is 4.79 Å². The Hall–Kier alpha value is -2.01. The highest BCUT2D eigenvalue weighted by Gasteiger charge is 2.04. The van der Waals surface area contributed by atoms with Gasteiger partial charge in [-0.15, -0.1) is 0 Å². The summed E-state index contributed by atoms with van der Waals surface area (Å²) in [6, 6.07) is 14.7. The molecule has 2 aromatic carbocycles. The van der Waals surface area contributed by atoms with Crippen molar-refractivity contribution in [3.63, 3.8) is 0 Å². The number of halogens is 1. The van der Waals surface area contributed by atoms with Crippen LogP contribution in [0.4, 0.5) is 5.69 Å². The lowest BCUT2D eigenvalue weighted by Crippen LogP contribution is -2.20. The van der Waals surface area contributed by atoms with Crippen LogP contribution in [0.3, 0.4) is 0 Å². The minimum Gasteiger partial charge on any atom is -0.494 e. The minimum absolute atomic E-state index is 0.0350. The van der Waals surface area contributed by atoms with E-state index in [1.54, 1.807) is 0 Å². The molecule has 24 heavy (non-hydrogen) atoms. The first-order chi connectivity index (χ1) is 11.7. The molecule has 0 aliphatic carbocycles. The van der Waals surface area contributed by atoms with Crippen molar-refractivity contribution in [2.45, 2.75) is 26.2 Å². The number of anilines is 1. The summed E-state index contributed by atoms with van der Waals surface area (Å²) in [6.45, 7) is 2.86. The van der Waals surface area contributed by atoms with Crippen molar-refractivity contribution in [3.8, 4) is 11.5 Å².